The minimum atomic E-state index is -0.922. The van der Waals surface area contributed by atoms with Crippen LogP contribution in [0.5, 0.6) is 0 Å². The van der Waals surface area contributed by atoms with Crippen LogP contribution < -0.4 is 0 Å². The second-order valence-corrected chi connectivity index (χ2v) is 8.06. The van der Waals surface area contributed by atoms with Gasteiger partial charge in [-0.1, -0.05) is 12.1 Å². The molecule has 0 unspecified atom stereocenters. The first kappa shape index (κ1) is 18.4. The van der Waals surface area contributed by atoms with Crippen LogP contribution in [0.1, 0.15) is 18.4 Å². The molecule has 3 aliphatic heterocycles. The molecular weight excluding hydrogens is 351 g/mol. The summed E-state index contributed by atoms with van der Waals surface area (Å²) >= 11 is 0. The fraction of sp³-hybridized carbons (Fsp3) is 0.600. The number of amides is 1. The zero-order valence-corrected chi connectivity index (χ0v) is 15.3. The summed E-state index contributed by atoms with van der Waals surface area (Å²) < 4.78 is 18.8. The van der Waals surface area contributed by atoms with Crippen molar-refractivity contribution in [3.05, 3.63) is 35.6 Å². The average molecular weight is 376 g/mol. The number of fused-ring (bicyclic) bond motifs is 1. The summed E-state index contributed by atoms with van der Waals surface area (Å²) in [4.78, 5) is 28.8. The van der Waals surface area contributed by atoms with Crippen molar-refractivity contribution >= 4 is 11.9 Å². The molecule has 3 aliphatic rings. The Balaban J connectivity index is 1.45. The van der Waals surface area contributed by atoms with E-state index >= 15 is 0 Å². The van der Waals surface area contributed by atoms with Crippen LogP contribution in [0.2, 0.25) is 0 Å². The van der Waals surface area contributed by atoms with E-state index in [0.29, 0.717) is 52.2 Å². The number of carbonyl (C=O) groups excluding carboxylic acids is 1. The van der Waals surface area contributed by atoms with Crippen LogP contribution in [-0.2, 0) is 20.9 Å². The third-order valence-corrected chi connectivity index (χ3v) is 6.28. The van der Waals surface area contributed by atoms with Gasteiger partial charge in [-0.2, -0.15) is 0 Å². The van der Waals surface area contributed by atoms with Gasteiger partial charge in [0.15, 0.2) is 0 Å². The lowest BCUT2D eigenvalue weighted by Gasteiger charge is -2.29. The SMILES string of the molecule is O=C(C1CCOCC1)N1C[C@H]2CN(Cc3cccc(F)c3)C[C@@]2(C(=O)O)C1. The van der Waals surface area contributed by atoms with Crippen molar-refractivity contribution < 1.29 is 23.8 Å². The number of rotatable bonds is 4. The lowest BCUT2D eigenvalue weighted by atomic mass is 9.81. The van der Waals surface area contributed by atoms with Crippen LogP contribution in [0, 0.1) is 23.1 Å². The number of nitrogens with zero attached hydrogens (tertiary/aromatic N) is 2. The summed E-state index contributed by atoms with van der Waals surface area (Å²) in [6, 6.07) is 6.41. The van der Waals surface area contributed by atoms with E-state index in [1.807, 2.05) is 6.07 Å². The summed E-state index contributed by atoms with van der Waals surface area (Å²) in [5.41, 5.74) is -0.0839. The third kappa shape index (κ3) is 3.46. The first-order valence-electron chi connectivity index (χ1n) is 9.55. The molecule has 0 saturated carbocycles. The fourth-order valence-electron chi connectivity index (χ4n) is 4.86. The van der Waals surface area contributed by atoms with Crippen LogP contribution in [0.25, 0.3) is 0 Å². The van der Waals surface area contributed by atoms with Gasteiger partial charge in [-0.3, -0.25) is 14.5 Å². The number of carboxylic acids is 1. The topological polar surface area (TPSA) is 70.1 Å². The van der Waals surface area contributed by atoms with Gasteiger partial charge in [0.25, 0.3) is 0 Å². The Morgan fingerprint density at radius 3 is 2.67 bits per heavy atom. The molecule has 4 rings (SSSR count). The van der Waals surface area contributed by atoms with Crippen molar-refractivity contribution in [2.75, 3.05) is 39.4 Å². The van der Waals surface area contributed by atoms with Crippen molar-refractivity contribution in [1.82, 2.24) is 9.80 Å². The molecule has 1 aromatic carbocycles. The molecule has 1 amide bonds. The number of ether oxygens (including phenoxy) is 1. The monoisotopic (exact) mass is 376 g/mol. The molecule has 1 N–H and O–H groups in total. The number of benzene rings is 1. The predicted octanol–water partition coefficient (Wildman–Crippen LogP) is 1.60. The van der Waals surface area contributed by atoms with E-state index in [4.69, 9.17) is 4.74 Å². The molecule has 7 heteroatoms. The van der Waals surface area contributed by atoms with Gasteiger partial charge in [0.05, 0.1) is 0 Å². The zero-order valence-electron chi connectivity index (χ0n) is 15.3. The van der Waals surface area contributed by atoms with Gasteiger partial charge in [0, 0.05) is 57.8 Å². The Kier molecular flexibility index (Phi) is 4.90. The summed E-state index contributed by atoms with van der Waals surface area (Å²) in [5, 5.41) is 9.97. The zero-order chi connectivity index (χ0) is 19.0. The number of hydrogen-bond donors (Lipinski definition) is 1. The van der Waals surface area contributed by atoms with Crippen molar-refractivity contribution in [2.45, 2.75) is 19.4 Å². The molecule has 0 aromatic heterocycles. The molecule has 2 atom stereocenters. The Morgan fingerprint density at radius 1 is 1.22 bits per heavy atom. The van der Waals surface area contributed by atoms with Crippen LogP contribution in [-0.4, -0.2) is 66.2 Å². The highest BCUT2D eigenvalue weighted by Gasteiger charge is 2.58. The van der Waals surface area contributed by atoms with Crippen LogP contribution in [0.4, 0.5) is 4.39 Å². The lowest BCUT2D eigenvalue weighted by Crippen LogP contribution is -2.43. The second kappa shape index (κ2) is 7.20. The fourth-order valence-corrected chi connectivity index (χ4v) is 4.86. The van der Waals surface area contributed by atoms with Gasteiger partial charge in [-0.05, 0) is 30.5 Å². The molecule has 0 bridgehead atoms. The van der Waals surface area contributed by atoms with Gasteiger partial charge >= 0.3 is 5.97 Å². The van der Waals surface area contributed by atoms with Crippen LogP contribution in [0.15, 0.2) is 24.3 Å². The lowest BCUT2D eigenvalue weighted by molar-refractivity contribution is -0.149. The highest BCUT2D eigenvalue weighted by atomic mass is 19.1. The molecule has 6 nitrogen and oxygen atoms in total. The number of likely N-dealkylation sites (tertiary alicyclic amines) is 2. The number of carboxylic acid groups (broad SMARTS) is 1. The van der Waals surface area contributed by atoms with E-state index < -0.39 is 11.4 Å². The molecular formula is C20H25FN2O4. The predicted molar refractivity (Wildman–Crippen MR) is 95.4 cm³/mol. The largest absolute Gasteiger partial charge is 0.481 e. The van der Waals surface area contributed by atoms with E-state index in [-0.39, 0.29) is 30.1 Å². The first-order valence-corrected chi connectivity index (χ1v) is 9.55. The Labute approximate surface area is 157 Å². The highest BCUT2D eigenvalue weighted by molar-refractivity contribution is 5.83. The van der Waals surface area contributed by atoms with Gasteiger partial charge < -0.3 is 14.7 Å². The quantitative estimate of drug-likeness (QED) is 0.864. The van der Waals surface area contributed by atoms with Crippen LogP contribution >= 0.6 is 0 Å². The highest BCUT2D eigenvalue weighted by Crippen LogP contribution is 2.44. The normalized spacial score (nSPS) is 29.1. The second-order valence-electron chi connectivity index (χ2n) is 8.06. The minimum Gasteiger partial charge on any atom is -0.481 e. The average Bonchev–Trinajstić information content (AvgIpc) is 3.17. The van der Waals surface area contributed by atoms with Crippen molar-refractivity contribution in [2.24, 2.45) is 17.3 Å². The maximum Gasteiger partial charge on any atom is 0.313 e. The van der Waals surface area contributed by atoms with Gasteiger partial charge in [0.2, 0.25) is 5.91 Å². The number of aliphatic carboxylic acids is 1. The molecule has 27 heavy (non-hydrogen) atoms. The minimum absolute atomic E-state index is 0.0492. The third-order valence-electron chi connectivity index (χ3n) is 6.28. The maximum atomic E-state index is 13.4. The van der Waals surface area contributed by atoms with Gasteiger partial charge in [-0.15, -0.1) is 0 Å². The molecule has 0 radical (unpaired) electrons. The standard InChI is InChI=1S/C20H25FN2O4/c21-17-3-1-2-14(8-17)9-22-10-16-11-23(13-20(16,12-22)19(25)26)18(24)15-4-6-27-7-5-15/h1-3,8,15-16H,4-7,9-13H2,(H,25,26)/t16-,20-/m1/s1. The number of carbonyl (C=O) groups is 2. The maximum absolute atomic E-state index is 13.4. The Bertz CT molecular complexity index is 736. The van der Waals surface area contributed by atoms with E-state index in [1.165, 1.54) is 12.1 Å². The van der Waals surface area contributed by atoms with E-state index in [1.54, 1.807) is 11.0 Å². The Morgan fingerprint density at radius 2 is 2.00 bits per heavy atom. The molecule has 3 saturated heterocycles. The molecule has 0 aliphatic carbocycles. The molecule has 1 aromatic rings. The van der Waals surface area contributed by atoms with Crippen molar-refractivity contribution in [3.8, 4) is 0 Å². The number of hydrogen-bond acceptors (Lipinski definition) is 4. The van der Waals surface area contributed by atoms with Crippen LogP contribution in [0.3, 0.4) is 0 Å². The van der Waals surface area contributed by atoms with Crippen molar-refractivity contribution in [3.63, 3.8) is 0 Å². The van der Waals surface area contributed by atoms with E-state index in [9.17, 15) is 19.1 Å². The molecule has 3 fully saturated rings. The summed E-state index contributed by atoms with van der Waals surface area (Å²) in [7, 11) is 0. The molecule has 3 heterocycles. The Hall–Kier alpha value is -1.99. The van der Waals surface area contributed by atoms with Gasteiger partial charge in [0.1, 0.15) is 11.2 Å². The number of halogens is 1. The summed E-state index contributed by atoms with van der Waals surface area (Å²) in [5.74, 6) is -1.19. The summed E-state index contributed by atoms with van der Waals surface area (Å²) in [6.45, 7) is 3.47. The van der Waals surface area contributed by atoms with Crippen molar-refractivity contribution in [1.29, 1.82) is 0 Å². The van der Waals surface area contributed by atoms with E-state index in [0.717, 1.165) is 5.56 Å². The summed E-state index contributed by atoms with van der Waals surface area (Å²) in [6.07, 6.45) is 1.43. The van der Waals surface area contributed by atoms with E-state index in [2.05, 4.69) is 4.90 Å². The molecule has 146 valence electrons. The molecule has 0 spiro atoms. The first-order chi connectivity index (χ1) is 13.0. The van der Waals surface area contributed by atoms with Gasteiger partial charge in [-0.25, -0.2) is 4.39 Å². The smallest absolute Gasteiger partial charge is 0.313 e.